The van der Waals surface area contributed by atoms with Crippen LogP contribution in [0.2, 0.25) is 0 Å². The summed E-state index contributed by atoms with van der Waals surface area (Å²) in [5, 5.41) is 25.7. The zero-order chi connectivity index (χ0) is 13.9. The highest BCUT2D eigenvalue weighted by molar-refractivity contribution is 5.34. The molecule has 8 heteroatoms. The maximum absolute atomic E-state index is 10.8. The van der Waals surface area contributed by atoms with E-state index in [0.717, 1.165) is 11.4 Å². The minimum atomic E-state index is -0.404. The van der Waals surface area contributed by atoms with Gasteiger partial charge < -0.3 is 5.32 Å². The van der Waals surface area contributed by atoms with Crippen LogP contribution in [0.15, 0.2) is 24.3 Å². The molecule has 1 heterocycles. The molecule has 0 unspecified atom stereocenters. The molecule has 8 nitrogen and oxygen atoms in total. The van der Waals surface area contributed by atoms with Crippen molar-refractivity contribution in [2.24, 2.45) is 0 Å². The summed E-state index contributed by atoms with van der Waals surface area (Å²) in [5.41, 5.74) is 0.882. The summed E-state index contributed by atoms with van der Waals surface area (Å²) in [7, 11) is 0. The first-order chi connectivity index (χ1) is 9.72. The van der Waals surface area contributed by atoms with Crippen LogP contribution in [0.25, 0.3) is 0 Å². The fraction of sp³-hybridized carbons (Fsp3) is 0.417. The Morgan fingerprint density at radius 2 is 2.30 bits per heavy atom. The second kappa shape index (κ2) is 5.33. The van der Waals surface area contributed by atoms with Gasteiger partial charge in [0.2, 0.25) is 0 Å². The number of rotatable bonds is 6. The van der Waals surface area contributed by atoms with Crippen LogP contribution in [0.5, 0.6) is 0 Å². The van der Waals surface area contributed by atoms with E-state index in [2.05, 4.69) is 20.8 Å². The largest absolute Gasteiger partial charge is 0.307 e. The molecule has 0 bridgehead atoms. The van der Waals surface area contributed by atoms with E-state index < -0.39 is 4.92 Å². The number of nitro groups is 1. The summed E-state index contributed by atoms with van der Waals surface area (Å²) >= 11 is 0. The fourth-order valence-electron chi connectivity index (χ4n) is 1.94. The van der Waals surface area contributed by atoms with E-state index in [0.29, 0.717) is 19.1 Å². The number of nitrogens with one attached hydrogen (secondary N) is 1. The summed E-state index contributed by atoms with van der Waals surface area (Å²) < 4.78 is 1.66. The Labute approximate surface area is 114 Å². The molecule has 2 aromatic rings. The van der Waals surface area contributed by atoms with Crippen molar-refractivity contribution in [3.05, 3.63) is 45.8 Å². The zero-order valence-corrected chi connectivity index (χ0v) is 10.8. The Morgan fingerprint density at radius 3 is 3.05 bits per heavy atom. The van der Waals surface area contributed by atoms with E-state index in [4.69, 9.17) is 0 Å². The molecule has 20 heavy (non-hydrogen) atoms. The third kappa shape index (κ3) is 2.97. The van der Waals surface area contributed by atoms with E-state index in [9.17, 15) is 10.1 Å². The first kappa shape index (κ1) is 12.7. The number of benzene rings is 1. The standard InChI is InChI=1S/C12H14N6O2/c19-18(20)11-3-1-2-9(6-11)8-17-12(14-15-16-17)7-13-10-4-5-10/h1-3,6,10,13H,4-5,7-8H2. The molecular formula is C12H14N6O2. The number of nitrogens with zero attached hydrogens (tertiary/aromatic N) is 5. The Bertz CT molecular complexity index is 622. The maximum atomic E-state index is 10.8. The number of nitro benzene ring substituents is 1. The Kier molecular flexibility index (Phi) is 3.38. The molecule has 1 aromatic carbocycles. The Balaban J connectivity index is 1.71. The summed E-state index contributed by atoms with van der Waals surface area (Å²) in [6, 6.07) is 7.09. The van der Waals surface area contributed by atoms with Crippen molar-refractivity contribution in [3.63, 3.8) is 0 Å². The molecule has 1 aliphatic rings. The minimum absolute atomic E-state index is 0.0771. The van der Waals surface area contributed by atoms with Gasteiger partial charge in [0, 0.05) is 18.2 Å². The molecule has 104 valence electrons. The lowest BCUT2D eigenvalue weighted by Crippen LogP contribution is -2.19. The quantitative estimate of drug-likeness (QED) is 0.620. The van der Waals surface area contributed by atoms with Gasteiger partial charge in [-0.2, -0.15) is 0 Å². The Morgan fingerprint density at radius 1 is 1.45 bits per heavy atom. The van der Waals surface area contributed by atoms with Crippen molar-refractivity contribution in [1.29, 1.82) is 0 Å². The average molecular weight is 274 g/mol. The van der Waals surface area contributed by atoms with Gasteiger partial charge in [-0.05, 0) is 28.8 Å². The van der Waals surface area contributed by atoms with Crippen LogP contribution in [0.1, 0.15) is 24.2 Å². The second-order valence-electron chi connectivity index (χ2n) is 4.83. The molecule has 0 radical (unpaired) electrons. The number of hydrogen-bond donors (Lipinski definition) is 1. The lowest BCUT2D eigenvalue weighted by molar-refractivity contribution is -0.384. The van der Waals surface area contributed by atoms with Crippen LogP contribution >= 0.6 is 0 Å². The summed E-state index contributed by atoms with van der Waals surface area (Å²) in [5.74, 6) is 0.739. The van der Waals surface area contributed by atoms with Gasteiger partial charge in [-0.25, -0.2) is 4.68 Å². The van der Waals surface area contributed by atoms with Crippen LogP contribution in [-0.4, -0.2) is 31.2 Å². The third-order valence-electron chi connectivity index (χ3n) is 3.19. The molecule has 1 saturated carbocycles. The van der Waals surface area contributed by atoms with E-state index >= 15 is 0 Å². The SMILES string of the molecule is O=[N+]([O-])c1cccc(Cn2nnnc2CNC2CC2)c1. The molecule has 0 spiro atoms. The van der Waals surface area contributed by atoms with Gasteiger partial charge in [0.05, 0.1) is 18.0 Å². The lowest BCUT2D eigenvalue weighted by atomic mass is 10.2. The van der Waals surface area contributed by atoms with Gasteiger partial charge in [0.25, 0.3) is 5.69 Å². The van der Waals surface area contributed by atoms with Crippen molar-refractivity contribution in [1.82, 2.24) is 25.5 Å². The van der Waals surface area contributed by atoms with Crippen molar-refractivity contribution in [2.45, 2.75) is 32.0 Å². The average Bonchev–Trinajstić information content (AvgIpc) is 3.17. The van der Waals surface area contributed by atoms with Crippen LogP contribution in [-0.2, 0) is 13.1 Å². The summed E-state index contributed by atoms with van der Waals surface area (Å²) in [4.78, 5) is 10.4. The molecule has 1 aromatic heterocycles. The highest BCUT2D eigenvalue weighted by atomic mass is 16.6. The molecule has 0 aliphatic heterocycles. The first-order valence-corrected chi connectivity index (χ1v) is 6.44. The monoisotopic (exact) mass is 274 g/mol. The Hall–Kier alpha value is -2.35. The molecule has 1 N–H and O–H groups in total. The number of tetrazole rings is 1. The van der Waals surface area contributed by atoms with E-state index in [1.807, 2.05) is 6.07 Å². The highest BCUT2D eigenvalue weighted by Crippen LogP contribution is 2.19. The fourth-order valence-corrected chi connectivity index (χ4v) is 1.94. The molecule has 0 saturated heterocycles. The smallest absolute Gasteiger partial charge is 0.269 e. The molecule has 1 aliphatic carbocycles. The summed E-state index contributed by atoms with van der Waals surface area (Å²) in [6.45, 7) is 1.04. The third-order valence-corrected chi connectivity index (χ3v) is 3.19. The van der Waals surface area contributed by atoms with Gasteiger partial charge in [-0.1, -0.05) is 12.1 Å². The lowest BCUT2D eigenvalue weighted by Gasteiger charge is -2.05. The first-order valence-electron chi connectivity index (χ1n) is 6.44. The van der Waals surface area contributed by atoms with Gasteiger partial charge in [-0.15, -0.1) is 5.10 Å². The number of hydrogen-bond acceptors (Lipinski definition) is 6. The van der Waals surface area contributed by atoms with Gasteiger partial charge >= 0.3 is 0 Å². The molecule has 3 rings (SSSR count). The predicted octanol–water partition coefficient (Wildman–Crippen LogP) is 0.882. The molecule has 0 atom stereocenters. The van der Waals surface area contributed by atoms with Crippen LogP contribution in [0.3, 0.4) is 0 Å². The molecular weight excluding hydrogens is 260 g/mol. The normalized spacial score (nSPS) is 14.4. The van der Waals surface area contributed by atoms with Crippen molar-refractivity contribution < 1.29 is 4.92 Å². The molecule has 1 fully saturated rings. The van der Waals surface area contributed by atoms with Crippen LogP contribution in [0, 0.1) is 10.1 Å². The predicted molar refractivity (Wildman–Crippen MR) is 69.9 cm³/mol. The topological polar surface area (TPSA) is 98.8 Å². The van der Waals surface area contributed by atoms with Gasteiger partial charge in [0.1, 0.15) is 0 Å². The van der Waals surface area contributed by atoms with Crippen LogP contribution in [0.4, 0.5) is 5.69 Å². The molecule has 0 amide bonds. The van der Waals surface area contributed by atoms with Gasteiger partial charge in [0.15, 0.2) is 5.82 Å². The van der Waals surface area contributed by atoms with E-state index in [1.165, 1.54) is 18.9 Å². The van der Waals surface area contributed by atoms with Crippen LogP contribution < -0.4 is 5.32 Å². The van der Waals surface area contributed by atoms with E-state index in [-0.39, 0.29) is 5.69 Å². The number of aromatic nitrogens is 4. The maximum Gasteiger partial charge on any atom is 0.269 e. The minimum Gasteiger partial charge on any atom is -0.307 e. The summed E-state index contributed by atoms with van der Waals surface area (Å²) in [6.07, 6.45) is 2.40. The number of non-ortho nitro benzene ring substituents is 1. The van der Waals surface area contributed by atoms with Crippen molar-refractivity contribution in [2.75, 3.05) is 0 Å². The van der Waals surface area contributed by atoms with Crippen molar-refractivity contribution >= 4 is 5.69 Å². The van der Waals surface area contributed by atoms with E-state index in [1.54, 1.807) is 16.8 Å². The van der Waals surface area contributed by atoms with Gasteiger partial charge in [-0.3, -0.25) is 10.1 Å². The zero-order valence-electron chi connectivity index (χ0n) is 10.8. The second-order valence-corrected chi connectivity index (χ2v) is 4.83. The van der Waals surface area contributed by atoms with Crippen molar-refractivity contribution in [3.8, 4) is 0 Å². The highest BCUT2D eigenvalue weighted by Gasteiger charge is 2.21.